The van der Waals surface area contributed by atoms with Crippen LogP contribution in [0.3, 0.4) is 0 Å². The fraction of sp³-hybridized carbons (Fsp3) is 0.800. The number of hydrogen-bond donors (Lipinski definition) is 2. The van der Waals surface area contributed by atoms with E-state index in [1.807, 2.05) is 6.92 Å². The summed E-state index contributed by atoms with van der Waals surface area (Å²) in [6.45, 7) is 4.68. The van der Waals surface area contributed by atoms with Gasteiger partial charge in [-0.3, -0.25) is 9.59 Å². The van der Waals surface area contributed by atoms with Crippen LogP contribution >= 0.6 is 24.0 Å². The summed E-state index contributed by atoms with van der Waals surface area (Å²) in [5, 5.41) is 5.92. The number of nitrogens with one attached hydrogen (secondary N) is 2. The van der Waals surface area contributed by atoms with E-state index in [9.17, 15) is 9.59 Å². The smallest absolute Gasteiger partial charge is 0.243 e. The van der Waals surface area contributed by atoms with Crippen molar-refractivity contribution in [1.29, 1.82) is 0 Å². The number of aliphatic imine (C=N–C) groups is 1. The second-order valence-corrected chi connectivity index (χ2v) is 5.77. The van der Waals surface area contributed by atoms with Crippen LogP contribution in [0, 0.1) is 5.92 Å². The number of guanidine groups is 1. The molecule has 2 amide bonds. The molecule has 1 saturated heterocycles. The summed E-state index contributed by atoms with van der Waals surface area (Å²) in [5.41, 5.74) is 0. The van der Waals surface area contributed by atoms with Gasteiger partial charge in [0.25, 0.3) is 0 Å². The van der Waals surface area contributed by atoms with Gasteiger partial charge in [0.1, 0.15) is 6.54 Å². The van der Waals surface area contributed by atoms with E-state index in [-0.39, 0.29) is 42.3 Å². The molecule has 1 heterocycles. The summed E-state index contributed by atoms with van der Waals surface area (Å²) in [5.74, 6) is 1.32. The van der Waals surface area contributed by atoms with E-state index in [4.69, 9.17) is 0 Å². The second-order valence-electron chi connectivity index (χ2n) is 5.77. The maximum absolute atomic E-state index is 11.7. The molecule has 0 aromatic carbocycles. The van der Waals surface area contributed by atoms with E-state index in [0.717, 1.165) is 38.4 Å². The van der Waals surface area contributed by atoms with E-state index in [0.29, 0.717) is 12.3 Å². The lowest BCUT2D eigenvalue weighted by Gasteiger charge is -2.34. The first-order valence-electron chi connectivity index (χ1n) is 7.91. The minimum absolute atomic E-state index is 0. The van der Waals surface area contributed by atoms with Gasteiger partial charge in [-0.2, -0.15) is 0 Å². The van der Waals surface area contributed by atoms with Crippen LogP contribution < -0.4 is 10.6 Å². The zero-order chi connectivity index (χ0) is 16.5. The van der Waals surface area contributed by atoms with Crippen molar-refractivity contribution in [3.8, 4) is 0 Å². The molecule has 0 spiro atoms. The predicted molar refractivity (Wildman–Crippen MR) is 103 cm³/mol. The molecule has 7 nitrogen and oxygen atoms in total. The molecule has 2 N–H and O–H groups in total. The highest BCUT2D eigenvalue weighted by molar-refractivity contribution is 14.0. The van der Waals surface area contributed by atoms with Crippen LogP contribution in [0.2, 0.25) is 0 Å². The maximum atomic E-state index is 11.7. The molecule has 0 atom stereocenters. The van der Waals surface area contributed by atoms with Crippen LogP contribution in [0.15, 0.2) is 4.99 Å². The molecule has 23 heavy (non-hydrogen) atoms. The van der Waals surface area contributed by atoms with E-state index in [2.05, 4.69) is 20.5 Å². The van der Waals surface area contributed by atoms with Gasteiger partial charge in [0.15, 0.2) is 5.96 Å². The Kier molecular flexibility index (Phi) is 10.9. The zero-order valence-corrected chi connectivity index (χ0v) is 16.9. The molecule has 0 bridgehead atoms. The summed E-state index contributed by atoms with van der Waals surface area (Å²) < 4.78 is 0. The van der Waals surface area contributed by atoms with Gasteiger partial charge in [-0.05, 0) is 25.7 Å². The minimum Gasteiger partial charge on any atom is -0.359 e. The van der Waals surface area contributed by atoms with Gasteiger partial charge in [-0.1, -0.05) is 0 Å². The summed E-state index contributed by atoms with van der Waals surface area (Å²) in [6, 6.07) is 0. The van der Waals surface area contributed by atoms with Gasteiger partial charge in [0.05, 0.1) is 0 Å². The van der Waals surface area contributed by atoms with Gasteiger partial charge in [0, 0.05) is 47.2 Å². The number of halogens is 1. The molecule has 0 unspecified atom stereocenters. The number of amides is 2. The van der Waals surface area contributed by atoms with Crippen LogP contribution in [0.5, 0.6) is 0 Å². The van der Waals surface area contributed by atoms with Gasteiger partial charge in [-0.15, -0.1) is 24.0 Å². The number of carbonyl (C=O) groups excluding carboxylic acids is 2. The van der Waals surface area contributed by atoms with Crippen LogP contribution in [0.4, 0.5) is 0 Å². The first-order valence-corrected chi connectivity index (χ1v) is 7.91. The van der Waals surface area contributed by atoms with Gasteiger partial charge in [0.2, 0.25) is 11.8 Å². The van der Waals surface area contributed by atoms with Gasteiger partial charge >= 0.3 is 0 Å². The Balaban J connectivity index is 0.00000484. The van der Waals surface area contributed by atoms with Crippen LogP contribution in [-0.2, 0) is 9.59 Å². The Hall–Kier alpha value is -1.06. The summed E-state index contributed by atoms with van der Waals surface area (Å²) >= 11 is 0. The summed E-state index contributed by atoms with van der Waals surface area (Å²) in [7, 11) is 5.14. The topological polar surface area (TPSA) is 77.0 Å². The predicted octanol–water partition coefficient (Wildman–Crippen LogP) is 0.506. The zero-order valence-electron chi connectivity index (χ0n) is 14.6. The molecule has 1 aliphatic rings. The van der Waals surface area contributed by atoms with Crippen molar-refractivity contribution in [1.82, 2.24) is 20.4 Å². The highest BCUT2D eigenvalue weighted by Crippen LogP contribution is 2.20. The number of rotatable bonds is 5. The third kappa shape index (κ3) is 7.85. The van der Waals surface area contributed by atoms with Crippen LogP contribution in [0.25, 0.3) is 0 Å². The lowest BCUT2D eigenvalue weighted by molar-refractivity contribution is -0.127. The first kappa shape index (κ1) is 21.9. The summed E-state index contributed by atoms with van der Waals surface area (Å²) in [4.78, 5) is 31.2. The number of nitrogens with zero attached hydrogens (tertiary/aromatic N) is 3. The number of likely N-dealkylation sites (tertiary alicyclic amines) is 1. The Morgan fingerprint density at radius 1 is 1.26 bits per heavy atom. The molecule has 8 heteroatoms. The molecule has 1 aliphatic heterocycles. The minimum atomic E-state index is -0.00935. The van der Waals surface area contributed by atoms with Crippen LogP contribution in [-0.4, -0.2) is 74.9 Å². The largest absolute Gasteiger partial charge is 0.359 e. The van der Waals surface area contributed by atoms with Gasteiger partial charge < -0.3 is 20.4 Å². The highest BCUT2D eigenvalue weighted by Gasteiger charge is 2.23. The molecule has 134 valence electrons. The van der Waals surface area contributed by atoms with Crippen molar-refractivity contribution >= 4 is 41.8 Å². The van der Waals surface area contributed by atoms with Gasteiger partial charge in [-0.25, -0.2) is 4.99 Å². The number of carbonyl (C=O) groups is 2. The Morgan fingerprint density at radius 3 is 2.35 bits per heavy atom. The monoisotopic (exact) mass is 439 g/mol. The van der Waals surface area contributed by atoms with Crippen molar-refractivity contribution in [2.45, 2.75) is 26.2 Å². The second kappa shape index (κ2) is 11.5. The van der Waals surface area contributed by atoms with Crippen molar-refractivity contribution in [2.24, 2.45) is 10.9 Å². The molecule has 0 saturated carbocycles. The van der Waals surface area contributed by atoms with E-state index < -0.39 is 0 Å². The molecular weight excluding hydrogens is 409 g/mol. The standard InChI is InChI=1S/C15H29N5O2.HI/c1-5-17-15(18-11-14(22)19(3)4)20-8-6-12(7-9-20)10-13(21)16-2;/h12H,5-11H2,1-4H3,(H,16,21)(H,17,18);1H. The lowest BCUT2D eigenvalue weighted by Crippen LogP contribution is -2.46. The van der Waals surface area contributed by atoms with E-state index in [1.165, 1.54) is 0 Å². The quantitative estimate of drug-likeness (QED) is 0.372. The third-order valence-electron chi connectivity index (χ3n) is 3.86. The average molecular weight is 439 g/mol. The summed E-state index contributed by atoms with van der Waals surface area (Å²) in [6.07, 6.45) is 2.54. The molecule has 0 radical (unpaired) electrons. The van der Waals surface area contributed by atoms with Crippen molar-refractivity contribution in [3.05, 3.63) is 0 Å². The molecule has 1 fully saturated rings. The Bertz CT molecular complexity index is 407. The number of piperidine rings is 1. The first-order chi connectivity index (χ1) is 10.5. The van der Waals surface area contributed by atoms with E-state index >= 15 is 0 Å². The number of likely N-dealkylation sites (N-methyl/N-ethyl adjacent to an activating group) is 1. The fourth-order valence-corrected chi connectivity index (χ4v) is 2.42. The molecule has 0 aliphatic carbocycles. The van der Waals surface area contributed by atoms with Crippen molar-refractivity contribution in [3.63, 3.8) is 0 Å². The normalized spacial score (nSPS) is 15.7. The Morgan fingerprint density at radius 2 is 1.87 bits per heavy atom. The number of hydrogen-bond acceptors (Lipinski definition) is 3. The Labute approximate surface area is 156 Å². The molecule has 0 aromatic rings. The molecular formula is C15H30IN5O2. The average Bonchev–Trinajstić information content (AvgIpc) is 2.51. The molecule has 1 rings (SSSR count). The molecule has 0 aromatic heterocycles. The lowest BCUT2D eigenvalue weighted by atomic mass is 9.93. The van der Waals surface area contributed by atoms with Crippen molar-refractivity contribution in [2.75, 3.05) is 47.3 Å². The SMILES string of the molecule is CCNC(=NCC(=O)N(C)C)N1CCC(CC(=O)NC)CC1.I. The van der Waals surface area contributed by atoms with Crippen molar-refractivity contribution < 1.29 is 9.59 Å². The van der Waals surface area contributed by atoms with Crippen LogP contribution in [0.1, 0.15) is 26.2 Å². The highest BCUT2D eigenvalue weighted by atomic mass is 127. The fourth-order valence-electron chi connectivity index (χ4n) is 2.42. The maximum Gasteiger partial charge on any atom is 0.243 e. The third-order valence-corrected chi connectivity index (χ3v) is 3.86. The van der Waals surface area contributed by atoms with E-state index in [1.54, 1.807) is 26.0 Å².